The van der Waals surface area contributed by atoms with Crippen LogP contribution in [0.25, 0.3) is 10.6 Å². The van der Waals surface area contributed by atoms with Crippen LogP contribution in [0.2, 0.25) is 0 Å². The number of methoxy groups -OCH3 is 2. The summed E-state index contributed by atoms with van der Waals surface area (Å²) in [6, 6.07) is 5.58. The maximum absolute atomic E-state index is 12.2. The number of rotatable bonds is 6. The number of hydrogen-bond donors (Lipinski definition) is 1. The summed E-state index contributed by atoms with van der Waals surface area (Å²) >= 11 is 1.36. The van der Waals surface area contributed by atoms with Crippen molar-refractivity contribution in [2.75, 3.05) is 19.5 Å². The second-order valence-electron chi connectivity index (χ2n) is 6.24. The van der Waals surface area contributed by atoms with Gasteiger partial charge >= 0.3 is 0 Å². The smallest absolute Gasteiger partial charge is 0.226 e. The predicted octanol–water partition coefficient (Wildman–Crippen LogP) is 4.13. The summed E-state index contributed by atoms with van der Waals surface area (Å²) in [5, 5.41) is 12.4. The van der Waals surface area contributed by atoms with Crippen LogP contribution in [-0.4, -0.2) is 30.3 Å². The first-order chi connectivity index (χ1) is 12.2. The molecule has 0 atom stereocenters. The highest BCUT2D eigenvalue weighted by atomic mass is 32.1. The van der Waals surface area contributed by atoms with Gasteiger partial charge in [-0.25, -0.2) is 0 Å². The third kappa shape index (κ3) is 4.48. The Morgan fingerprint density at radius 1 is 1.16 bits per heavy atom. The van der Waals surface area contributed by atoms with Crippen molar-refractivity contribution in [3.05, 3.63) is 18.2 Å². The molecule has 0 radical (unpaired) electrons. The first-order valence-electron chi connectivity index (χ1n) is 8.55. The largest absolute Gasteiger partial charge is 0.493 e. The van der Waals surface area contributed by atoms with Gasteiger partial charge in [-0.15, -0.1) is 10.2 Å². The molecular weight excluding hydrogens is 338 g/mol. The molecule has 0 bridgehead atoms. The Balaban J connectivity index is 1.64. The first kappa shape index (κ1) is 17.7. The number of ether oxygens (including phenoxy) is 2. The second kappa shape index (κ2) is 8.29. The van der Waals surface area contributed by atoms with Gasteiger partial charge in [-0.3, -0.25) is 4.79 Å². The molecule has 134 valence electrons. The lowest BCUT2D eigenvalue weighted by Crippen LogP contribution is -2.18. The Morgan fingerprint density at radius 3 is 2.64 bits per heavy atom. The summed E-state index contributed by atoms with van der Waals surface area (Å²) in [6.07, 6.45) is 6.65. The lowest BCUT2D eigenvalue weighted by atomic mass is 9.87. The van der Waals surface area contributed by atoms with Gasteiger partial charge in [-0.05, 0) is 37.0 Å². The van der Waals surface area contributed by atoms with Crippen molar-refractivity contribution in [1.82, 2.24) is 10.2 Å². The quantitative estimate of drug-likeness (QED) is 0.837. The Bertz CT molecular complexity index is 726. The fourth-order valence-electron chi connectivity index (χ4n) is 3.18. The van der Waals surface area contributed by atoms with E-state index in [9.17, 15) is 4.79 Å². The van der Waals surface area contributed by atoms with Gasteiger partial charge in [-0.1, -0.05) is 30.6 Å². The average molecular weight is 361 g/mol. The Morgan fingerprint density at radius 2 is 1.92 bits per heavy atom. The monoisotopic (exact) mass is 361 g/mol. The van der Waals surface area contributed by atoms with Crippen molar-refractivity contribution in [2.45, 2.75) is 38.5 Å². The lowest BCUT2D eigenvalue weighted by Gasteiger charge is -2.20. The Hall–Kier alpha value is -2.15. The molecule has 0 aliphatic heterocycles. The van der Waals surface area contributed by atoms with Crippen LogP contribution in [0.1, 0.15) is 38.5 Å². The Kier molecular flexibility index (Phi) is 5.86. The van der Waals surface area contributed by atoms with E-state index >= 15 is 0 Å². The molecule has 25 heavy (non-hydrogen) atoms. The third-order valence-electron chi connectivity index (χ3n) is 4.50. The van der Waals surface area contributed by atoms with E-state index in [0.717, 1.165) is 23.4 Å². The van der Waals surface area contributed by atoms with Gasteiger partial charge in [0, 0.05) is 12.0 Å². The zero-order valence-corrected chi connectivity index (χ0v) is 15.4. The molecule has 6 nitrogen and oxygen atoms in total. The number of hydrogen-bond acceptors (Lipinski definition) is 6. The van der Waals surface area contributed by atoms with Crippen molar-refractivity contribution in [3.63, 3.8) is 0 Å². The van der Waals surface area contributed by atoms with Crippen LogP contribution in [0, 0.1) is 5.92 Å². The normalized spacial score (nSPS) is 15.0. The summed E-state index contributed by atoms with van der Waals surface area (Å²) in [6.45, 7) is 0. The molecule has 0 unspecified atom stereocenters. The molecule has 1 aliphatic rings. The average Bonchev–Trinajstić information content (AvgIpc) is 3.10. The molecule has 1 amide bonds. The van der Waals surface area contributed by atoms with Crippen LogP contribution in [0.5, 0.6) is 11.5 Å². The molecule has 7 heteroatoms. The third-order valence-corrected chi connectivity index (χ3v) is 5.39. The fourth-order valence-corrected chi connectivity index (χ4v) is 3.94. The van der Waals surface area contributed by atoms with E-state index in [1.807, 2.05) is 18.2 Å². The van der Waals surface area contributed by atoms with E-state index < -0.39 is 0 Å². The maximum atomic E-state index is 12.2. The highest BCUT2D eigenvalue weighted by molar-refractivity contribution is 7.18. The van der Waals surface area contributed by atoms with Crippen molar-refractivity contribution in [2.24, 2.45) is 5.92 Å². The minimum atomic E-state index is 0.0295. The molecule has 1 aliphatic carbocycles. The van der Waals surface area contributed by atoms with Gasteiger partial charge < -0.3 is 14.8 Å². The zero-order chi connectivity index (χ0) is 17.6. The molecule has 1 heterocycles. The van der Waals surface area contributed by atoms with Crippen LogP contribution < -0.4 is 14.8 Å². The molecule has 1 fully saturated rings. The lowest BCUT2D eigenvalue weighted by molar-refractivity contribution is -0.117. The SMILES string of the molecule is COc1ccc(-c2nnc(NC(=O)CC3CCCCC3)s2)cc1OC. The molecule has 2 aromatic rings. The number of benzene rings is 1. The van der Waals surface area contributed by atoms with Crippen LogP contribution in [0.4, 0.5) is 5.13 Å². The number of anilines is 1. The minimum Gasteiger partial charge on any atom is -0.493 e. The van der Waals surface area contributed by atoms with Gasteiger partial charge in [0.2, 0.25) is 11.0 Å². The van der Waals surface area contributed by atoms with E-state index in [1.165, 1.54) is 30.6 Å². The molecular formula is C18H23N3O3S. The van der Waals surface area contributed by atoms with Crippen LogP contribution in [0.3, 0.4) is 0 Å². The first-order valence-corrected chi connectivity index (χ1v) is 9.37. The topological polar surface area (TPSA) is 73.3 Å². The highest BCUT2D eigenvalue weighted by Gasteiger charge is 2.18. The van der Waals surface area contributed by atoms with Crippen molar-refractivity contribution in [1.29, 1.82) is 0 Å². The summed E-state index contributed by atoms with van der Waals surface area (Å²) in [5.74, 6) is 1.84. The summed E-state index contributed by atoms with van der Waals surface area (Å²) in [5.41, 5.74) is 0.878. The summed E-state index contributed by atoms with van der Waals surface area (Å²) in [7, 11) is 3.20. The number of nitrogens with one attached hydrogen (secondary N) is 1. The molecule has 0 spiro atoms. The molecule has 1 aromatic carbocycles. The van der Waals surface area contributed by atoms with E-state index in [0.29, 0.717) is 29.0 Å². The van der Waals surface area contributed by atoms with Crippen molar-refractivity contribution < 1.29 is 14.3 Å². The van der Waals surface area contributed by atoms with Crippen LogP contribution in [-0.2, 0) is 4.79 Å². The minimum absolute atomic E-state index is 0.0295. The van der Waals surface area contributed by atoms with E-state index in [2.05, 4.69) is 15.5 Å². The van der Waals surface area contributed by atoms with Crippen molar-refractivity contribution in [3.8, 4) is 22.1 Å². The number of carbonyl (C=O) groups is 1. The van der Waals surface area contributed by atoms with E-state index in [4.69, 9.17) is 9.47 Å². The predicted molar refractivity (Wildman–Crippen MR) is 98.3 cm³/mol. The van der Waals surface area contributed by atoms with Crippen LogP contribution >= 0.6 is 11.3 Å². The van der Waals surface area contributed by atoms with Gasteiger partial charge in [-0.2, -0.15) is 0 Å². The van der Waals surface area contributed by atoms with Crippen molar-refractivity contribution >= 4 is 22.4 Å². The Labute approximate surface area is 151 Å². The van der Waals surface area contributed by atoms with Gasteiger partial charge in [0.15, 0.2) is 11.5 Å². The summed E-state index contributed by atoms with van der Waals surface area (Å²) in [4.78, 5) is 12.2. The van der Waals surface area contributed by atoms with E-state index in [-0.39, 0.29) is 5.91 Å². The molecule has 1 N–H and O–H groups in total. The van der Waals surface area contributed by atoms with Gasteiger partial charge in [0.1, 0.15) is 5.01 Å². The molecule has 1 saturated carbocycles. The number of aromatic nitrogens is 2. The summed E-state index contributed by atoms with van der Waals surface area (Å²) < 4.78 is 10.6. The number of amides is 1. The molecule has 0 saturated heterocycles. The maximum Gasteiger partial charge on any atom is 0.226 e. The van der Waals surface area contributed by atoms with Gasteiger partial charge in [0.05, 0.1) is 14.2 Å². The van der Waals surface area contributed by atoms with E-state index in [1.54, 1.807) is 14.2 Å². The number of carbonyl (C=O) groups excluding carboxylic acids is 1. The number of nitrogens with zero attached hydrogens (tertiary/aromatic N) is 2. The standard InChI is InChI=1S/C18H23N3O3S/c1-23-14-9-8-13(11-15(14)24-2)17-20-21-18(25-17)19-16(22)10-12-6-4-3-5-7-12/h8-9,11-12H,3-7,10H2,1-2H3,(H,19,21,22). The molecule has 1 aromatic heterocycles. The molecule has 3 rings (SSSR count). The second-order valence-corrected chi connectivity index (χ2v) is 7.22. The van der Waals surface area contributed by atoms with Gasteiger partial charge in [0.25, 0.3) is 0 Å². The highest BCUT2D eigenvalue weighted by Crippen LogP contribution is 2.34. The van der Waals surface area contributed by atoms with Crippen LogP contribution in [0.15, 0.2) is 18.2 Å². The fraction of sp³-hybridized carbons (Fsp3) is 0.500. The zero-order valence-electron chi connectivity index (χ0n) is 14.6.